The molecule has 0 aliphatic carbocycles. The Bertz CT molecular complexity index is 388. The van der Waals surface area contributed by atoms with Crippen LogP contribution in [0.5, 0.6) is 0 Å². The van der Waals surface area contributed by atoms with E-state index < -0.39 is 0 Å². The lowest BCUT2D eigenvalue weighted by molar-refractivity contribution is 0.0789. The Hall–Kier alpha value is -1.55. The average molecular weight is 235 g/mol. The van der Waals surface area contributed by atoms with Crippen LogP contribution in [0.15, 0.2) is 24.3 Å². The molecule has 0 radical (unpaired) electrons. The van der Waals surface area contributed by atoms with Gasteiger partial charge in [0.25, 0.3) is 5.91 Å². The second-order valence-electron chi connectivity index (χ2n) is 4.61. The SMILES string of the molecule is CC(N)CN(C)C(=O)c1cccc(N(C)C)c1. The fourth-order valence-electron chi connectivity index (χ4n) is 1.65. The summed E-state index contributed by atoms with van der Waals surface area (Å²) in [4.78, 5) is 15.7. The van der Waals surface area contributed by atoms with E-state index in [-0.39, 0.29) is 11.9 Å². The summed E-state index contributed by atoms with van der Waals surface area (Å²) in [5.74, 6) is 0.00556. The first-order chi connectivity index (χ1) is 7.91. The molecular formula is C13H21N3O. The summed E-state index contributed by atoms with van der Waals surface area (Å²) >= 11 is 0. The van der Waals surface area contributed by atoms with Crippen molar-refractivity contribution in [1.29, 1.82) is 0 Å². The van der Waals surface area contributed by atoms with Crippen molar-refractivity contribution in [1.82, 2.24) is 4.90 Å². The molecule has 1 amide bonds. The first-order valence-corrected chi connectivity index (χ1v) is 5.70. The molecule has 0 spiro atoms. The van der Waals surface area contributed by atoms with Gasteiger partial charge in [-0.05, 0) is 25.1 Å². The van der Waals surface area contributed by atoms with Crippen molar-refractivity contribution in [3.05, 3.63) is 29.8 Å². The van der Waals surface area contributed by atoms with Crippen molar-refractivity contribution < 1.29 is 4.79 Å². The molecule has 0 heterocycles. The molecule has 1 aromatic carbocycles. The minimum atomic E-state index is -0.0130. The van der Waals surface area contributed by atoms with Gasteiger partial charge in [0.05, 0.1) is 0 Å². The molecule has 0 saturated carbocycles. The molecule has 1 atom stereocenters. The predicted molar refractivity (Wildman–Crippen MR) is 71.4 cm³/mol. The molecule has 0 aliphatic heterocycles. The van der Waals surface area contributed by atoms with Crippen LogP contribution in [-0.2, 0) is 0 Å². The molecule has 4 nitrogen and oxygen atoms in total. The third-order valence-corrected chi connectivity index (χ3v) is 2.52. The molecule has 0 aliphatic rings. The zero-order valence-electron chi connectivity index (χ0n) is 11.0. The highest BCUT2D eigenvalue weighted by molar-refractivity contribution is 5.95. The number of nitrogens with two attached hydrogens (primary N) is 1. The summed E-state index contributed by atoms with van der Waals surface area (Å²) in [6.07, 6.45) is 0. The van der Waals surface area contributed by atoms with E-state index in [0.717, 1.165) is 5.69 Å². The van der Waals surface area contributed by atoms with Crippen LogP contribution in [0, 0.1) is 0 Å². The van der Waals surface area contributed by atoms with Gasteiger partial charge in [-0.25, -0.2) is 0 Å². The van der Waals surface area contributed by atoms with E-state index in [4.69, 9.17) is 5.73 Å². The molecule has 1 unspecified atom stereocenters. The number of benzene rings is 1. The van der Waals surface area contributed by atoms with Gasteiger partial charge in [0.15, 0.2) is 0 Å². The summed E-state index contributed by atoms with van der Waals surface area (Å²) in [6, 6.07) is 7.57. The predicted octanol–water partition coefficient (Wildman–Crippen LogP) is 1.17. The Labute approximate surface area is 103 Å². The summed E-state index contributed by atoms with van der Waals surface area (Å²) in [5, 5.41) is 0. The third kappa shape index (κ3) is 3.75. The molecule has 1 aromatic rings. The number of carbonyl (C=O) groups is 1. The van der Waals surface area contributed by atoms with Crippen LogP contribution in [0.1, 0.15) is 17.3 Å². The maximum atomic E-state index is 12.1. The largest absolute Gasteiger partial charge is 0.378 e. The highest BCUT2D eigenvalue weighted by atomic mass is 16.2. The molecule has 1 rings (SSSR count). The van der Waals surface area contributed by atoms with Crippen LogP contribution in [0.3, 0.4) is 0 Å². The van der Waals surface area contributed by atoms with E-state index in [1.165, 1.54) is 0 Å². The lowest BCUT2D eigenvalue weighted by Crippen LogP contribution is -2.37. The fraction of sp³-hybridized carbons (Fsp3) is 0.462. The normalized spacial score (nSPS) is 12.1. The van der Waals surface area contributed by atoms with E-state index in [2.05, 4.69) is 0 Å². The number of amides is 1. The molecule has 17 heavy (non-hydrogen) atoms. The van der Waals surface area contributed by atoms with Crippen LogP contribution in [-0.4, -0.2) is 44.5 Å². The Kier molecular flexibility index (Phi) is 4.52. The Morgan fingerprint density at radius 1 is 1.35 bits per heavy atom. The van der Waals surface area contributed by atoms with Gasteiger partial charge in [-0.1, -0.05) is 6.07 Å². The van der Waals surface area contributed by atoms with Crippen LogP contribution < -0.4 is 10.6 Å². The molecule has 0 saturated heterocycles. The molecule has 0 bridgehead atoms. The van der Waals surface area contributed by atoms with Gasteiger partial charge >= 0.3 is 0 Å². The first kappa shape index (κ1) is 13.5. The van der Waals surface area contributed by atoms with Crippen molar-refractivity contribution in [2.75, 3.05) is 32.6 Å². The zero-order valence-corrected chi connectivity index (χ0v) is 11.0. The van der Waals surface area contributed by atoms with Crippen molar-refractivity contribution in [2.24, 2.45) is 5.73 Å². The lowest BCUT2D eigenvalue weighted by Gasteiger charge is -2.20. The van der Waals surface area contributed by atoms with Crippen LogP contribution >= 0.6 is 0 Å². The summed E-state index contributed by atoms with van der Waals surface area (Å²) in [5.41, 5.74) is 7.40. The minimum Gasteiger partial charge on any atom is -0.378 e. The standard InChI is InChI=1S/C13H21N3O/c1-10(14)9-16(4)13(17)11-6-5-7-12(8-11)15(2)3/h5-8,10H,9,14H2,1-4H3. The number of likely N-dealkylation sites (N-methyl/N-ethyl adjacent to an activating group) is 1. The maximum Gasteiger partial charge on any atom is 0.253 e. The number of anilines is 1. The van der Waals surface area contributed by atoms with Crippen molar-refractivity contribution >= 4 is 11.6 Å². The number of hydrogen-bond acceptors (Lipinski definition) is 3. The van der Waals surface area contributed by atoms with Gasteiger partial charge < -0.3 is 15.5 Å². The Morgan fingerprint density at radius 3 is 2.53 bits per heavy atom. The van der Waals surface area contributed by atoms with E-state index in [1.54, 1.807) is 11.9 Å². The number of rotatable bonds is 4. The minimum absolute atomic E-state index is 0.00556. The Balaban J connectivity index is 2.85. The maximum absolute atomic E-state index is 12.1. The molecule has 0 aromatic heterocycles. The van der Waals surface area contributed by atoms with Gasteiger partial charge in [-0.3, -0.25) is 4.79 Å². The van der Waals surface area contributed by atoms with Gasteiger partial charge in [0.1, 0.15) is 0 Å². The molecule has 4 heteroatoms. The second kappa shape index (κ2) is 5.68. The van der Waals surface area contributed by atoms with Gasteiger partial charge in [0.2, 0.25) is 0 Å². The highest BCUT2D eigenvalue weighted by Crippen LogP contribution is 2.14. The highest BCUT2D eigenvalue weighted by Gasteiger charge is 2.13. The number of nitrogens with zero attached hydrogens (tertiary/aromatic N) is 2. The molecule has 94 valence electrons. The summed E-state index contributed by atoms with van der Waals surface area (Å²) in [6.45, 7) is 2.45. The van der Waals surface area contributed by atoms with Gasteiger partial charge in [0, 0.05) is 45.0 Å². The quantitative estimate of drug-likeness (QED) is 0.852. The van der Waals surface area contributed by atoms with Crippen LogP contribution in [0.2, 0.25) is 0 Å². The zero-order chi connectivity index (χ0) is 13.0. The van der Waals surface area contributed by atoms with Gasteiger partial charge in [-0.2, -0.15) is 0 Å². The molecule has 0 fully saturated rings. The topological polar surface area (TPSA) is 49.6 Å². The van der Waals surface area contributed by atoms with E-state index in [1.807, 2.05) is 50.2 Å². The van der Waals surface area contributed by atoms with Crippen molar-refractivity contribution in [2.45, 2.75) is 13.0 Å². The smallest absolute Gasteiger partial charge is 0.253 e. The van der Waals surface area contributed by atoms with Crippen LogP contribution in [0.4, 0.5) is 5.69 Å². The number of carbonyl (C=O) groups excluding carboxylic acids is 1. The second-order valence-corrected chi connectivity index (χ2v) is 4.61. The van der Waals surface area contributed by atoms with Crippen molar-refractivity contribution in [3.63, 3.8) is 0 Å². The van der Waals surface area contributed by atoms with E-state index in [9.17, 15) is 4.79 Å². The monoisotopic (exact) mass is 235 g/mol. The summed E-state index contributed by atoms with van der Waals surface area (Å²) < 4.78 is 0. The summed E-state index contributed by atoms with van der Waals surface area (Å²) in [7, 11) is 5.68. The van der Waals surface area contributed by atoms with Gasteiger partial charge in [-0.15, -0.1) is 0 Å². The van der Waals surface area contributed by atoms with Crippen molar-refractivity contribution in [3.8, 4) is 0 Å². The third-order valence-electron chi connectivity index (χ3n) is 2.52. The van der Waals surface area contributed by atoms with Crippen LogP contribution in [0.25, 0.3) is 0 Å². The lowest BCUT2D eigenvalue weighted by atomic mass is 10.1. The molecular weight excluding hydrogens is 214 g/mol. The number of hydrogen-bond donors (Lipinski definition) is 1. The average Bonchev–Trinajstić information content (AvgIpc) is 2.27. The van der Waals surface area contributed by atoms with E-state index >= 15 is 0 Å². The first-order valence-electron chi connectivity index (χ1n) is 5.70. The molecule has 2 N–H and O–H groups in total. The fourth-order valence-corrected chi connectivity index (χ4v) is 1.65. The van der Waals surface area contributed by atoms with E-state index in [0.29, 0.717) is 12.1 Å². The Morgan fingerprint density at radius 2 is 2.00 bits per heavy atom.